The van der Waals surface area contributed by atoms with E-state index in [1.807, 2.05) is 17.8 Å². The lowest BCUT2D eigenvalue weighted by atomic mass is 10.3. The molecule has 0 atom stereocenters. The Bertz CT molecular complexity index is 374. The van der Waals surface area contributed by atoms with Gasteiger partial charge in [0, 0.05) is 12.7 Å². The van der Waals surface area contributed by atoms with Gasteiger partial charge in [0.1, 0.15) is 8.07 Å². The van der Waals surface area contributed by atoms with E-state index in [0.29, 0.717) is 0 Å². The van der Waals surface area contributed by atoms with Crippen LogP contribution in [0.15, 0.2) is 6.20 Å². The highest BCUT2D eigenvalue weighted by molar-refractivity contribution is 6.83. The third-order valence-electron chi connectivity index (χ3n) is 1.84. The molecular formula is C11H18N2Si. The monoisotopic (exact) mass is 206 g/mol. The molecule has 0 saturated carbocycles. The summed E-state index contributed by atoms with van der Waals surface area (Å²) in [6.45, 7) is 11.8. The Labute approximate surface area is 87.3 Å². The van der Waals surface area contributed by atoms with Gasteiger partial charge in [-0.3, -0.25) is 4.68 Å². The van der Waals surface area contributed by atoms with Crippen molar-refractivity contribution in [3.05, 3.63) is 17.5 Å². The van der Waals surface area contributed by atoms with Crippen LogP contribution in [0.4, 0.5) is 0 Å². The third-order valence-corrected chi connectivity index (χ3v) is 2.72. The van der Waals surface area contributed by atoms with Gasteiger partial charge in [0.15, 0.2) is 0 Å². The highest BCUT2D eigenvalue weighted by Gasteiger charge is 2.08. The maximum atomic E-state index is 4.36. The molecule has 1 rings (SSSR count). The zero-order valence-corrected chi connectivity index (χ0v) is 10.7. The third kappa shape index (κ3) is 3.04. The van der Waals surface area contributed by atoms with Gasteiger partial charge in [-0.25, -0.2) is 0 Å². The van der Waals surface area contributed by atoms with E-state index in [-0.39, 0.29) is 0 Å². The van der Waals surface area contributed by atoms with Gasteiger partial charge in [-0.1, -0.05) is 25.6 Å². The summed E-state index contributed by atoms with van der Waals surface area (Å²) in [4.78, 5) is 0. The molecule has 0 amide bonds. The normalized spacial score (nSPS) is 10.9. The molecule has 0 fully saturated rings. The van der Waals surface area contributed by atoms with E-state index in [0.717, 1.165) is 17.8 Å². The quantitative estimate of drug-likeness (QED) is 0.510. The van der Waals surface area contributed by atoms with Crippen molar-refractivity contribution in [2.75, 3.05) is 0 Å². The zero-order valence-electron chi connectivity index (χ0n) is 9.68. The average Bonchev–Trinajstić information content (AvgIpc) is 2.42. The Morgan fingerprint density at radius 2 is 2.07 bits per heavy atom. The van der Waals surface area contributed by atoms with Crippen LogP contribution in [0.3, 0.4) is 0 Å². The first-order chi connectivity index (χ1) is 6.42. The second-order valence-electron chi connectivity index (χ2n) is 4.48. The van der Waals surface area contributed by atoms with Crippen LogP contribution in [0.1, 0.15) is 18.2 Å². The van der Waals surface area contributed by atoms with Crippen LogP contribution < -0.4 is 0 Å². The first-order valence-corrected chi connectivity index (χ1v) is 8.49. The smallest absolute Gasteiger partial charge is 0.129 e. The highest BCUT2D eigenvalue weighted by Crippen LogP contribution is 2.05. The molecule has 0 aromatic carbocycles. The lowest BCUT2D eigenvalue weighted by Gasteiger charge is -2.02. The number of hydrogen-bond acceptors (Lipinski definition) is 1. The molecule has 0 spiro atoms. The molecule has 76 valence electrons. The van der Waals surface area contributed by atoms with Crippen molar-refractivity contribution in [1.82, 2.24) is 9.78 Å². The predicted octanol–water partition coefficient (Wildman–Crippen LogP) is 2.44. The van der Waals surface area contributed by atoms with E-state index < -0.39 is 8.07 Å². The molecule has 0 aliphatic rings. The molecule has 1 aromatic heterocycles. The van der Waals surface area contributed by atoms with Gasteiger partial charge >= 0.3 is 0 Å². The summed E-state index contributed by atoms with van der Waals surface area (Å²) in [5, 5.41) is 4.36. The molecule has 3 heteroatoms. The summed E-state index contributed by atoms with van der Waals surface area (Å²) in [5.41, 5.74) is 5.47. The Kier molecular flexibility index (Phi) is 3.17. The van der Waals surface area contributed by atoms with Gasteiger partial charge in [0.05, 0.1) is 11.3 Å². The van der Waals surface area contributed by atoms with Crippen LogP contribution in [0.5, 0.6) is 0 Å². The van der Waals surface area contributed by atoms with Gasteiger partial charge in [-0.2, -0.15) is 5.10 Å². The summed E-state index contributed by atoms with van der Waals surface area (Å²) in [5.74, 6) is 3.24. The number of hydrogen-bond donors (Lipinski definition) is 0. The number of nitrogens with zero attached hydrogens (tertiary/aromatic N) is 2. The second-order valence-corrected chi connectivity index (χ2v) is 9.23. The van der Waals surface area contributed by atoms with Crippen molar-refractivity contribution >= 4 is 8.07 Å². The van der Waals surface area contributed by atoms with Crippen molar-refractivity contribution in [3.63, 3.8) is 0 Å². The minimum atomic E-state index is -1.26. The van der Waals surface area contributed by atoms with E-state index in [1.165, 1.54) is 0 Å². The summed E-state index contributed by atoms with van der Waals surface area (Å²) < 4.78 is 1.93. The van der Waals surface area contributed by atoms with Gasteiger partial charge in [-0.15, -0.1) is 5.54 Å². The lowest BCUT2D eigenvalue weighted by molar-refractivity contribution is 0.653. The maximum Gasteiger partial charge on any atom is 0.129 e. The van der Waals surface area contributed by atoms with Crippen molar-refractivity contribution in [2.45, 2.75) is 40.0 Å². The van der Waals surface area contributed by atoms with E-state index in [2.05, 4.69) is 43.1 Å². The summed E-state index contributed by atoms with van der Waals surface area (Å²) >= 11 is 0. The molecule has 0 aliphatic heterocycles. The van der Waals surface area contributed by atoms with Crippen LogP contribution in [0, 0.1) is 18.4 Å². The van der Waals surface area contributed by atoms with E-state index in [4.69, 9.17) is 0 Å². The topological polar surface area (TPSA) is 17.8 Å². The van der Waals surface area contributed by atoms with Crippen LogP contribution in [0.2, 0.25) is 19.6 Å². The molecule has 0 radical (unpaired) electrons. The van der Waals surface area contributed by atoms with E-state index in [1.54, 1.807) is 0 Å². The minimum absolute atomic E-state index is 0.912. The molecule has 1 aromatic rings. The molecule has 0 unspecified atom stereocenters. The van der Waals surface area contributed by atoms with Crippen molar-refractivity contribution < 1.29 is 0 Å². The fourth-order valence-corrected chi connectivity index (χ4v) is 1.57. The van der Waals surface area contributed by atoms with E-state index in [9.17, 15) is 0 Å². The Hall–Kier alpha value is -1.01. The molecule has 0 aliphatic carbocycles. The minimum Gasteiger partial charge on any atom is -0.271 e. The fourth-order valence-electron chi connectivity index (χ4n) is 1.06. The molecule has 1 heterocycles. The SMILES string of the molecule is CCn1cc(C#C[Si](C)(C)C)c(C)n1. The van der Waals surface area contributed by atoms with Gasteiger partial charge in [0.25, 0.3) is 0 Å². The number of rotatable bonds is 1. The van der Waals surface area contributed by atoms with Crippen LogP contribution >= 0.6 is 0 Å². The highest BCUT2D eigenvalue weighted by atomic mass is 28.3. The van der Waals surface area contributed by atoms with Gasteiger partial charge < -0.3 is 0 Å². The van der Waals surface area contributed by atoms with Crippen molar-refractivity contribution in [2.24, 2.45) is 0 Å². The van der Waals surface area contributed by atoms with E-state index >= 15 is 0 Å². The van der Waals surface area contributed by atoms with Crippen LogP contribution in [-0.4, -0.2) is 17.9 Å². The largest absolute Gasteiger partial charge is 0.271 e. The van der Waals surface area contributed by atoms with Crippen molar-refractivity contribution in [1.29, 1.82) is 0 Å². The maximum absolute atomic E-state index is 4.36. The lowest BCUT2D eigenvalue weighted by Crippen LogP contribution is -2.16. The molecule has 2 nitrogen and oxygen atoms in total. The summed E-state index contributed by atoms with van der Waals surface area (Å²) in [6, 6.07) is 0. The summed E-state index contributed by atoms with van der Waals surface area (Å²) in [6.07, 6.45) is 2.03. The first kappa shape index (κ1) is 11.1. The summed E-state index contributed by atoms with van der Waals surface area (Å²) in [7, 11) is -1.26. The van der Waals surface area contributed by atoms with Gasteiger partial charge in [-0.05, 0) is 13.8 Å². The first-order valence-electron chi connectivity index (χ1n) is 4.99. The zero-order chi connectivity index (χ0) is 10.8. The fraction of sp³-hybridized carbons (Fsp3) is 0.545. The standard InChI is InChI=1S/C11H18N2Si/c1-6-13-9-11(10(2)12-13)7-8-14(3,4)5/h9H,6H2,1-5H3. The molecule has 0 bridgehead atoms. The Morgan fingerprint density at radius 3 is 2.50 bits per heavy atom. The molecule has 0 saturated heterocycles. The molecule has 0 N–H and O–H groups in total. The predicted molar refractivity (Wildman–Crippen MR) is 62.9 cm³/mol. The van der Waals surface area contributed by atoms with Crippen molar-refractivity contribution in [3.8, 4) is 11.5 Å². The molecule has 14 heavy (non-hydrogen) atoms. The van der Waals surface area contributed by atoms with Gasteiger partial charge in [0.2, 0.25) is 0 Å². The molecular weight excluding hydrogens is 188 g/mol. The Morgan fingerprint density at radius 1 is 1.43 bits per heavy atom. The number of aromatic nitrogens is 2. The average molecular weight is 206 g/mol. The second kappa shape index (κ2) is 4.01. The van der Waals surface area contributed by atoms with Crippen LogP contribution in [-0.2, 0) is 6.54 Å². The Balaban J connectivity index is 2.95. The number of aryl methyl sites for hydroxylation is 2. The van der Waals surface area contributed by atoms with Crippen LogP contribution in [0.25, 0.3) is 0 Å².